The molecule has 1 N–H and O–H groups in total. The monoisotopic (exact) mass is 303 g/mol. The van der Waals surface area contributed by atoms with Gasteiger partial charge in [0, 0.05) is 16.2 Å². The molecule has 0 aliphatic rings. The van der Waals surface area contributed by atoms with E-state index in [0.717, 1.165) is 10.2 Å². The summed E-state index contributed by atoms with van der Waals surface area (Å²) in [6, 6.07) is 15.1. The normalized spacial score (nSPS) is 12.2. The van der Waals surface area contributed by atoms with Crippen LogP contribution in [0.4, 0.5) is 5.69 Å². The summed E-state index contributed by atoms with van der Waals surface area (Å²) in [5.74, 6) is 0. The van der Waals surface area contributed by atoms with Crippen molar-refractivity contribution in [2.75, 3.05) is 5.32 Å². The van der Waals surface area contributed by atoms with Gasteiger partial charge in [-0.05, 0) is 60.0 Å². The molecule has 2 rings (SSSR count). The first-order valence-corrected chi connectivity index (χ1v) is 6.95. The molecule has 0 saturated carbocycles. The molecule has 1 atom stereocenters. The Kier molecular flexibility index (Phi) is 4.07. The summed E-state index contributed by atoms with van der Waals surface area (Å²) in [5.41, 5.74) is 5.12. The molecule has 18 heavy (non-hydrogen) atoms. The number of nitrogens with one attached hydrogen (secondary N) is 1. The third-order valence-corrected chi connectivity index (χ3v) is 3.83. The maximum atomic E-state index is 3.56. The second-order valence-electron chi connectivity index (χ2n) is 4.71. The zero-order chi connectivity index (χ0) is 13.1. The molecule has 94 valence electrons. The third-order valence-electron chi connectivity index (χ3n) is 3.14. The predicted molar refractivity (Wildman–Crippen MR) is 82.1 cm³/mol. The van der Waals surface area contributed by atoms with Crippen molar-refractivity contribution in [3.05, 3.63) is 63.6 Å². The van der Waals surface area contributed by atoms with E-state index in [4.69, 9.17) is 0 Å². The standard InChI is InChI=1S/C16H18BrN/c1-11-8-9-14(12(2)10-11)13(3)18-16-7-5-4-6-15(16)17/h4-10,13,18H,1-3H3. The van der Waals surface area contributed by atoms with Crippen molar-refractivity contribution in [3.63, 3.8) is 0 Å². The molecule has 0 amide bonds. The molecule has 2 heteroatoms. The van der Waals surface area contributed by atoms with Crippen molar-refractivity contribution in [2.24, 2.45) is 0 Å². The van der Waals surface area contributed by atoms with Crippen LogP contribution in [0.5, 0.6) is 0 Å². The number of aryl methyl sites for hydroxylation is 2. The van der Waals surface area contributed by atoms with Gasteiger partial charge < -0.3 is 5.32 Å². The summed E-state index contributed by atoms with van der Waals surface area (Å²) in [5, 5.41) is 3.54. The van der Waals surface area contributed by atoms with Crippen molar-refractivity contribution in [1.82, 2.24) is 0 Å². The van der Waals surface area contributed by atoms with Crippen LogP contribution in [0.1, 0.15) is 29.7 Å². The lowest BCUT2D eigenvalue weighted by molar-refractivity contribution is 0.872. The maximum absolute atomic E-state index is 3.56. The van der Waals surface area contributed by atoms with Crippen LogP contribution >= 0.6 is 15.9 Å². The maximum Gasteiger partial charge on any atom is 0.0489 e. The van der Waals surface area contributed by atoms with Gasteiger partial charge in [-0.3, -0.25) is 0 Å². The average molecular weight is 304 g/mol. The fourth-order valence-electron chi connectivity index (χ4n) is 2.20. The van der Waals surface area contributed by atoms with E-state index >= 15 is 0 Å². The first kappa shape index (κ1) is 13.2. The summed E-state index contributed by atoms with van der Waals surface area (Å²) in [6.45, 7) is 6.49. The van der Waals surface area contributed by atoms with Crippen molar-refractivity contribution >= 4 is 21.6 Å². The van der Waals surface area contributed by atoms with Gasteiger partial charge in [-0.15, -0.1) is 0 Å². The summed E-state index contributed by atoms with van der Waals surface area (Å²) >= 11 is 3.56. The first-order valence-electron chi connectivity index (χ1n) is 6.16. The van der Waals surface area contributed by atoms with Gasteiger partial charge in [0.2, 0.25) is 0 Å². The van der Waals surface area contributed by atoms with Crippen LogP contribution in [0.25, 0.3) is 0 Å². The minimum Gasteiger partial charge on any atom is -0.378 e. The fraction of sp³-hybridized carbons (Fsp3) is 0.250. The van der Waals surface area contributed by atoms with Crippen LogP contribution in [-0.2, 0) is 0 Å². The molecule has 0 spiro atoms. The molecule has 0 aromatic heterocycles. The van der Waals surface area contributed by atoms with Crippen LogP contribution in [0, 0.1) is 13.8 Å². The molecule has 1 nitrogen and oxygen atoms in total. The van der Waals surface area contributed by atoms with Gasteiger partial charge >= 0.3 is 0 Å². The largest absolute Gasteiger partial charge is 0.378 e. The Hall–Kier alpha value is -1.28. The van der Waals surface area contributed by atoms with Gasteiger partial charge in [0.05, 0.1) is 0 Å². The lowest BCUT2D eigenvalue weighted by atomic mass is 10.00. The highest BCUT2D eigenvalue weighted by molar-refractivity contribution is 9.10. The lowest BCUT2D eigenvalue weighted by Gasteiger charge is -2.19. The number of hydrogen-bond donors (Lipinski definition) is 1. The molecular formula is C16H18BrN. The van der Waals surface area contributed by atoms with Crippen LogP contribution in [-0.4, -0.2) is 0 Å². The molecular weight excluding hydrogens is 286 g/mol. The van der Waals surface area contributed by atoms with E-state index in [-0.39, 0.29) is 0 Å². The smallest absolute Gasteiger partial charge is 0.0489 e. The second kappa shape index (κ2) is 5.57. The van der Waals surface area contributed by atoms with Gasteiger partial charge in [-0.25, -0.2) is 0 Å². The molecule has 0 heterocycles. The summed E-state index contributed by atoms with van der Waals surface area (Å²) in [7, 11) is 0. The fourth-order valence-corrected chi connectivity index (χ4v) is 2.60. The zero-order valence-corrected chi connectivity index (χ0v) is 12.6. The van der Waals surface area contributed by atoms with Gasteiger partial charge in [0.1, 0.15) is 0 Å². The quantitative estimate of drug-likeness (QED) is 0.817. The van der Waals surface area contributed by atoms with E-state index in [9.17, 15) is 0 Å². The molecule has 0 aliphatic carbocycles. The second-order valence-corrected chi connectivity index (χ2v) is 5.56. The van der Waals surface area contributed by atoms with Gasteiger partial charge in [-0.1, -0.05) is 35.9 Å². The Morgan fingerprint density at radius 2 is 1.78 bits per heavy atom. The number of hydrogen-bond acceptors (Lipinski definition) is 1. The number of benzene rings is 2. The number of anilines is 1. The summed E-state index contributed by atoms with van der Waals surface area (Å²) in [6.07, 6.45) is 0. The van der Waals surface area contributed by atoms with E-state index in [1.165, 1.54) is 16.7 Å². The zero-order valence-electron chi connectivity index (χ0n) is 11.0. The lowest BCUT2D eigenvalue weighted by Crippen LogP contribution is -2.08. The van der Waals surface area contributed by atoms with Crippen LogP contribution in [0.3, 0.4) is 0 Å². The molecule has 2 aromatic carbocycles. The minimum absolute atomic E-state index is 0.296. The van der Waals surface area contributed by atoms with Crippen molar-refractivity contribution in [3.8, 4) is 0 Å². The average Bonchev–Trinajstić information content (AvgIpc) is 2.32. The van der Waals surface area contributed by atoms with Gasteiger partial charge in [0.15, 0.2) is 0 Å². The number of rotatable bonds is 3. The van der Waals surface area contributed by atoms with E-state index in [1.807, 2.05) is 12.1 Å². The highest BCUT2D eigenvalue weighted by atomic mass is 79.9. The van der Waals surface area contributed by atoms with Crippen molar-refractivity contribution < 1.29 is 0 Å². The first-order chi connectivity index (χ1) is 8.58. The molecule has 0 saturated heterocycles. The van der Waals surface area contributed by atoms with Crippen LogP contribution < -0.4 is 5.32 Å². The Morgan fingerprint density at radius 1 is 1.06 bits per heavy atom. The Balaban J connectivity index is 2.22. The number of halogens is 1. The molecule has 1 unspecified atom stereocenters. The Labute approximate surface area is 117 Å². The molecule has 0 aliphatic heterocycles. The topological polar surface area (TPSA) is 12.0 Å². The van der Waals surface area contributed by atoms with E-state index in [0.29, 0.717) is 6.04 Å². The summed E-state index contributed by atoms with van der Waals surface area (Å²) < 4.78 is 1.10. The van der Waals surface area contributed by atoms with Gasteiger partial charge in [-0.2, -0.15) is 0 Å². The molecule has 0 fully saturated rings. The molecule has 2 aromatic rings. The highest BCUT2D eigenvalue weighted by Gasteiger charge is 2.09. The van der Waals surface area contributed by atoms with Crippen LogP contribution in [0.2, 0.25) is 0 Å². The van der Waals surface area contributed by atoms with Crippen molar-refractivity contribution in [2.45, 2.75) is 26.8 Å². The Bertz CT molecular complexity index is 549. The predicted octanol–water partition coefficient (Wildman–Crippen LogP) is 5.24. The molecule has 0 bridgehead atoms. The Morgan fingerprint density at radius 3 is 2.44 bits per heavy atom. The molecule has 0 radical (unpaired) electrons. The van der Waals surface area contributed by atoms with E-state index in [2.05, 4.69) is 72.3 Å². The minimum atomic E-state index is 0.296. The van der Waals surface area contributed by atoms with E-state index < -0.39 is 0 Å². The number of para-hydroxylation sites is 1. The SMILES string of the molecule is Cc1ccc(C(C)Nc2ccccc2Br)c(C)c1. The van der Waals surface area contributed by atoms with Crippen molar-refractivity contribution in [1.29, 1.82) is 0 Å². The summed E-state index contributed by atoms with van der Waals surface area (Å²) in [4.78, 5) is 0. The third kappa shape index (κ3) is 2.94. The van der Waals surface area contributed by atoms with Gasteiger partial charge in [0.25, 0.3) is 0 Å². The van der Waals surface area contributed by atoms with E-state index in [1.54, 1.807) is 0 Å². The highest BCUT2D eigenvalue weighted by Crippen LogP contribution is 2.27. The van der Waals surface area contributed by atoms with Crippen LogP contribution in [0.15, 0.2) is 46.9 Å².